The zero-order chi connectivity index (χ0) is 10.1. The SMILES string of the molecule is CCCCC(CC)COC(=O)C[NH3+]. The molecule has 3 nitrogen and oxygen atoms in total. The molecule has 0 fully saturated rings. The topological polar surface area (TPSA) is 53.9 Å². The van der Waals surface area contributed by atoms with Gasteiger partial charge in [0.25, 0.3) is 0 Å². The van der Waals surface area contributed by atoms with E-state index in [4.69, 9.17) is 4.74 Å². The molecule has 0 spiro atoms. The van der Waals surface area contributed by atoms with Crippen molar-refractivity contribution in [2.45, 2.75) is 39.5 Å². The molecule has 0 aliphatic rings. The Bertz CT molecular complexity index is 137. The fraction of sp³-hybridized carbons (Fsp3) is 0.900. The molecule has 3 N–H and O–H groups in total. The third-order valence-electron chi connectivity index (χ3n) is 2.23. The minimum atomic E-state index is -0.185. The van der Waals surface area contributed by atoms with Gasteiger partial charge in [-0.2, -0.15) is 0 Å². The zero-order valence-corrected chi connectivity index (χ0v) is 8.84. The molecule has 78 valence electrons. The van der Waals surface area contributed by atoms with Gasteiger partial charge in [-0.15, -0.1) is 0 Å². The first-order valence-corrected chi connectivity index (χ1v) is 5.19. The van der Waals surface area contributed by atoms with Crippen LogP contribution in [0.4, 0.5) is 0 Å². The van der Waals surface area contributed by atoms with Crippen LogP contribution >= 0.6 is 0 Å². The second-order valence-corrected chi connectivity index (χ2v) is 3.35. The first-order valence-electron chi connectivity index (χ1n) is 5.19. The molecular weight excluding hydrogens is 166 g/mol. The maximum absolute atomic E-state index is 10.8. The molecule has 3 heteroatoms. The molecule has 1 atom stereocenters. The van der Waals surface area contributed by atoms with Gasteiger partial charge in [0.2, 0.25) is 0 Å². The summed E-state index contributed by atoms with van der Waals surface area (Å²) in [6.45, 7) is 5.13. The number of esters is 1. The monoisotopic (exact) mass is 188 g/mol. The van der Waals surface area contributed by atoms with Gasteiger partial charge in [-0.1, -0.05) is 33.1 Å². The van der Waals surface area contributed by atoms with Crippen molar-refractivity contribution in [2.24, 2.45) is 5.92 Å². The summed E-state index contributed by atoms with van der Waals surface area (Å²) in [5, 5.41) is 0. The molecule has 0 saturated carbocycles. The highest BCUT2D eigenvalue weighted by Crippen LogP contribution is 2.12. The minimum absolute atomic E-state index is 0.185. The summed E-state index contributed by atoms with van der Waals surface area (Å²) in [5.74, 6) is 0.352. The summed E-state index contributed by atoms with van der Waals surface area (Å²) in [5.41, 5.74) is 3.48. The van der Waals surface area contributed by atoms with Gasteiger partial charge in [-0.25, -0.2) is 4.79 Å². The van der Waals surface area contributed by atoms with Gasteiger partial charge in [-0.05, 0) is 12.3 Å². The van der Waals surface area contributed by atoms with E-state index in [2.05, 4.69) is 19.6 Å². The quantitative estimate of drug-likeness (QED) is 0.606. The van der Waals surface area contributed by atoms with Crippen LogP contribution in [-0.2, 0) is 9.53 Å². The van der Waals surface area contributed by atoms with Crippen molar-refractivity contribution in [3.05, 3.63) is 0 Å². The summed E-state index contributed by atoms with van der Waals surface area (Å²) in [6, 6.07) is 0. The lowest BCUT2D eigenvalue weighted by Gasteiger charge is -2.13. The molecule has 0 aliphatic heterocycles. The van der Waals surface area contributed by atoms with Crippen molar-refractivity contribution in [1.82, 2.24) is 0 Å². The number of unbranched alkanes of at least 4 members (excludes halogenated alkanes) is 1. The fourth-order valence-corrected chi connectivity index (χ4v) is 1.18. The number of hydrogen-bond acceptors (Lipinski definition) is 2. The molecule has 0 aliphatic carbocycles. The Balaban J connectivity index is 3.52. The van der Waals surface area contributed by atoms with Crippen LogP contribution < -0.4 is 5.73 Å². The highest BCUT2D eigenvalue weighted by Gasteiger charge is 2.09. The number of carbonyl (C=O) groups excluding carboxylic acids is 1. The molecule has 0 aromatic rings. The summed E-state index contributed by atoms with van der Waals surface area (Å²) in [6.07, 6.45) is 4.68. The van der Waals surface area contributed by atoms with E-state index in [0.717, 1.165) is 12.8 Å². The van der Waals surface area contributed by atoms with Crippen molar-refractivity contribution < 1.29 is 15.3 Å². The first-order chi connectivity index (χ1) is 6.24. The molecule has 0 aromatic heterocycles. The van der Waals surface area contributed by atoms with E-state index < -0.39 is 0 Å². The van der Waals surface area contributed by atoms with Gasteiger partial charge in [0.15, 0.2) is 6.54 Å². The number of carbonyl (C=O) groups is 1. The van der Waals surface area contributed by atoms with Crippen molar-refractivity contribution in [1.29, 1.82) is 0 Å². The van der Waals surface area contributed by atoms with Crippen molar-refractivity contribution in [3.8, 4) is 0 Å². The van der Waals surface area contributed by atoms with E-state index in [1.807, 2.05) is 0 Å². The van der Waals surface area contributed by atoms with Crippen molar-refractivity contribution in [3.63, 3.8) is 0 Å². The zero-order valence-electron chi connectivity index (χ0n) is 8.84. The summed E-state index contributed by atoms with van der Waals surface area (Å²) >= 11 is 0. The Hall–Kier alpha value is -0.570. The van der Waals surface area contributed by atoms with Crippen molar-refractivity contribution >= 4 is 5.97 Å². The van der Waals surface area contributed by atoms with Gasteiger partial charge in [-0.3, -0.25) is 0 Å². The van der Waals surface area contributed by atoms with Crippen LogP contribution in [0.15, 0.2) is 0 Å². The molecular formula is C10H22NO2+. The molecule has 0 aromatic carbocycles. The lowest BCUT2D eigenvalue weighted by atomic mass is 10.0. The van der Waals surface area contributed by atoms with Crippen molar-refractivity contribution in [2.75, 3.05) is 13.2 Å². The van der Waals surface area contributed by atoms with E-state index >= 15 is 0 Å². The lowest BCUT2D eigenvalue weighted by molar-refractivity contribution is -0.359. The highest BCUT2D eigenvalue weighted by atomic mass is 16.5. The van der Waals surface area contributed by atoms with E-state index in [0.29, 0.717) is 12.5 Å². The number of ether oxygens (including phenoxy) is 1. The maximum atomic E-state index is 10.8. The predicted molar refractivity (Wildman–Crippen MR) is 52.0 cm³/mol. The Kier molecular flexibility index (Phi) is 7.69. The van der Waals surface area contributed by atoms with Gasteiger partial charge >= 0.3 is 5.97 Å². The third kappa shape index (κ3) is 6.58. The molecule has 0 radical (unpaired) electrons. The lowest BCUT2D eigenvalue weighted by Crippen LogP contribution is -2.54. The van der Waals surface area contributed by atoms with Crippen LogP contribution in [0.3, 0.4) is 0 Å². The van der Waals surface area contributed by atoms with Crippen LogP contribution in [0.5, 0.6) is 0 Å². The van der Waals surface area contributed by atoms with Gasteiger partial charge in [0, 0.05) is 0 Å². The second kappa shape index (κ2) is 8.05. The number of quaternary nitrogens is 1. The molecule has 0 amide bonds. The third-order valence-corrected chi connectivity index (χ3v) is 2.23. The Morgan fingerprint density at radius 1 is 1.46 bits per heavy atom. The van der Waals surface area contributed by atoms with Crippen LogP contribution in [0.2, 0.25) is 0 Å². The second-order valence-electron chi connectivity index (χ2n) is 3.35. The largest absolute Gasteiger partial charge is 0.461 e. The first kappa shape index (κ1) is 12.4. The summed E-state index contributed by atoms with van der Waals surface area (Å²) < 4.78 is 5.04. The fourth-order valence-electron chi connectivity index (χ4n) is 1.18. The molecule has 1 unspecified atom stereocenters. The Morgan fingerprint density at radius 2 is 2.15 bits per heavy atom. The maximum Gasteiger partial charge on any atom is 0.361 e. The van der Waals surface area contributed by atoms with E-state index in [-0.39, 0.29) is 12.5 Å². The van der Waals surface area contributed by atoms with Crippen LogP contribution in [0.1, 0.15) is 39.5 Å². The highest BCUT2D eigenvalue weighted by molar-refractivity contribution is 5.69. The Labute approximate surface area is 80.6 Å². The number of hydrogen-bond donors (Lipinski definition) is 1. The molecule has 0 bridgehead atoms. The normalized spacial score (nSPS) is 12.5. The molecule has 0 rings (SSSR count). The van der Waals surface area contributed by atoms with E-state index in [1.165, 1.54) is 12.8 Å². The summed E-state index contributed by atoms with van der Waals surface area (Å²) in [4.78, 5) is 10.8. The molecule has 13 heavy (non-hydrogen) atoms. The van der Waals surface area contributed by atoms with Gasteiger partial charge < -0.3 is 10.5 Å². The smallest absolute Gasteiger partial charge is 0.361 e. The predicted octanol–water partition coefficient (Wildman–Crippen LogP) is 0.988. The van der Waals surface area contributed by atoms with E-state index in [9.17, 15) is 4.79 Å². The van der Waals surface area contributed by atoms with E-state index in [1.54, 1.807) is 0 Å². The minimum Gasteiger partial charge on any atom is -0.461 e. The Morgan fingerprint density at radius 3 is 2.62 bits per heavy atom. The molecule has 0 heterocycles. The summed E-state index contributed by atoms with van der Waals surface area (Å²) in [7, 11) is 0. The van der Waals surface area contributed by atoms with Crippen LogP contribution in [0.25, 0.3) is 0 Å². The average molecular weight is 188 g/mol. The van der Waals surface area contributed by atoms with Gasteiger partial charge in [0.1, 0.15) is 0 Å². The van der Waals surface area contributed by atoms with Gasteiger partial charge in [0.05, 0.1) is 6.61 Å². The molecule has 0 saturated heterocycles. The van der Waals surface area contributed by atoms with Crippen LogP contribution in [0, 0.1) is 5.92 Å². The number of rotatable bonds is 7. The standard InChI is InChI=1S/C10H21NO2/c1-3-5-6-9(4-2)8-13-10(12)7-11/h9H,3-8,11H2,1-2H3/p+1. The van der Waals surface area contributed by atoms with Crippen LogP contribution in [-0.4, -0.2) is 19.1 Å². The average Bonchev–Trinajstić information content (AvgIpc) is 2.17.